The van der Waals surface area contributed by atoms with Crippen LogP contribution in [-0.2, 0) is 5.75 Å². The molecule has 2 N–H and O–H groups in total. The highest BCUT2D eigenvalue weighted by molar-refractivity contribution is 7.99. The molecule has 1 atom stereocenters. The van der Waals surface area contributed by atoms with Gasteiger partial charge in [0.2, 0.25) is 5.95 Å². The molecular weight excluding hydrogens is 296 g/mol. The minimum Gasteiger partial charge on any atom is -0.395 e. The van der Waals surface area contributed by atoms with Gasteiger partial charge in [-0.15, -0.1) is 5.10 Å². The van der Waals surface area contributed by atoms with Crippen molar-refractivity contribution in [1.82, 2.24) is 14.6 Å². The fraction of sp³-hybridized carbons (Fsp3) is 0.250. The van der Waals surface area contributed by atoms with E-state index in [-0.39, 0.29) is 11.9 Å². The number of benzene rings is 1. The van der Waals surface area contributed by atoms with Crippen LogP contribution in [0.4, 0.5) is 11.6 Å². The number of hydrogen-bond donors (Lipinski definition) is 2. The van der Waals surface area contributed by atoms with E-state index < -0.39 is 0 Å². The van der Waals surface area contributed by atoms with Gasteiger partial charge in [-0.05, 0) is 24.3 Å². The molecule has 0 radical (unpaired) electrons. The van der Waals surface area contributed by atoms with Gasteiger partial charge in [0, 0.05) is 16.7 Å². The summed E-state index contributed by atoms with van der Waals surface area (Å²) in [5, 5.41) is 17.1. The van der Waals surface area contributed by atoms with E-state index in [9.17, 15) is 0 Å². The molecule has 3 aromatic rings. The van der Waals surface area contributed by atoms with Crippen LogP contribution >= 0.6 is 11.8 Å². The van der Waals surface area contributed by atoms with Crippen LogP contribution in [0.2, 0.25) is 0 Å². The van der Waals surface area contributed by atoms with Gasteiger partial charge in [-0.1, -0.05) is 31.2 Å². The van der Waals surface area contributed by atoms with Crippen LogP contribution in [0.15, 0.2) is 48.5 Å². The molecule has 22 heavy (non-hydrogen) atoms. The molecule has 0 bridgehead atoms. The van der Waals surface area contributed by atoms with Crippen molar-refractivity contribution in [3.63, 3.8) is 0 Å². The van der Waals surface area contributed by atoms with Gasteiger partial charge in [-0.25, -0.2) is 4.52 Å². The van der Waals surface area contributed by atoms with Gasteiger partial charge < -0.3 is 10.4 Å². The lowest BCUT2D eigenvalue weighted by Crippen LogP contribution is -2.04. The third-order valence-electron chi connectivity index (χ3n) is 3.24. The summed E-state index contributed by atoms with van der Waals surface area (Å²) >= 11 is 1.70. The number of aliphatic hydroxyl groups is 1. The maximum Gasteiger partial charge on any atom is 0.247 e. The predicted molar refractivity (Wildman–Crippen MR) is 90.6 cm³/mol. The van der Waals surface area contributed by atoms with Gasteiger partial charge >= 0.3 is 0 Å². The Morgan fingerprint density at radius 2 is 2.00 bits per heavy atom. The second-order valence-corrected chi connectivity index (χ2v) is 6.44. The van der Waals surface area contributed by atoms with Crippen LogP contribution in [-0.4, -0.2) is 31.6 Å². The molecule has 3 rings (SSSR count). The molecule has 0 saturated heterocycles. The minimum absolute atomic E-state index is 0.179. The lowest BCUT2D eigenvalue weighted by atomic mass is 10.3. The average Bonchev–Trinajstić information content (AvgIpc) is 2.96. The Bertz CT molecular complexity index is 744. The van der Waals surface area contributed by atoms with Crippen LogP contribution in [0.3, 0.4) is 0 Å². The molecular formula is C16H18N4OS. The highest BCUT2D eigenvalue weighted by Gasteiger charge is 2.09. The van der Waals surface area contributed by atoms with Crippen molar-refractivity contribution in [3.8, 4) is 0 Å². The third-order valence-corrected chi connectivity index (χ3v) is 4.42. The zero-order valence-corrected chi connectivity index (χ0v) is 13.1. The number of hydrogen-bond acceptors (Lipinski definition) is 5. The molecule has 2 aromatic heterocycles. The molecule has 2 heterocycles. The Balaban J connectivity index is 1.83. The van der Waals surface area contributed by atoms with Crippen molar-refractivity contribution < 1.29 is 5.11 Å². The second-order valence-electron chi connectivity index (χ2n) is 5.02. The van der Waals surface area contributed by atoms with Gasteiger partial charge in [-0.3, -0.25) is 0 Å². The SMILES string of the molecule is C[C@H](CO)SCc1cccc2nc(Nc3ccccc3)nn12. The second kappa shape index (κ2) is 6.81. The normalized spacial score (nSPS) is 12.5. The van der Waals surface area contributed by atoms with E-state index in [1.165, 1.54) is 0 Å². The maximum atomic E-state index is 9.13. The number of fused-ring (bicyclic) bond motifs is 1. The van der Waals surface area contributed by atoms with Crippen molar-refractivity contribution in [2.45, 2.75) is 17.9 Å². The maximum absolute atomic E-state index is 9.13. The van der Waals surface area contributed by atoms with Crippen LogP contribution in [0.5, 0.6) is 0 Å². The molecule has 0 fully saturated rings. The predicted octanol–water partition coefficient (Wildman–Crippen LogP) is 3.09. The average molecular weight is 314 g/mol. The molecule has 0 aliphatic heterocycles. The van der Waals surface area contributed by atoms with Gasteiger partial charge in [0.1, 0.15) is 0 Å². The summed E-state index contributed by atoms with van der Waals surface area (Å²) in [4.78, 5) is 4.50. The molecule has 0 amide bonds. The van der Waals surface area contributed by atoms with Crippen LogP contribution in [0.1, 0.15) is 12.6 Å². The van der Waals surface area contributed by atoms with E-state index >= 15 is 0 Å². The zero-order chi connectivity index (χ0) is 15.4. The van der Waals surface area contributed by atoms with E-state index in [1.54, 1.807) is 11.8 Å². The van der Waals surface area contributed by atoms with E-state index in [2.05, 4.69) is 15.4 Å². The highest BCUT2D eigenvalue weighted by Crippen LogP contribution is 2.19. The summed E-state index contributed by atoms with van der Waals surface area (Å²) in [5.41, 5.74) is 2.84. The Hall–Kier alpha value is -2.05. The zero-order valence-electron chi connectivity index (χ0n) is 12.3. The third kappa shape index (κ3) is 3.40. The number of anilines is 2. The summed E-state index contributed by atoms with van der Waals surface area (Å²) in [6, 6.07) is 15.8. The summed E-state index contributed by atoms with van der Waals surface area (Å²) in [5.74, 6) is 1.37. The monoisotopic (exact) mass is 314 g/mol. The van der Waals surface area contributed by atoms with Crippen molar-refractivity contribution in [2.75, 3.05) is 11.9 Å². The van der Waals surface area contributed by atoms with Crippen molar-refractivity contribution >= 4 is 29.0 Å². The summed E-state index contributed by atoms with van der Waals surface area (Å²) in [7, 11) is 0. The number of nitrogens with zero attached hydrogens (tertiary/aromatic N) is 3. The Morgan fingerprint density at radius 3 is 2.77 bits per heavy atom. The number of para-hydroxylation sites is 1. The molecule has 0 aliphatic rings. The van der Waals surface area contributed by atoms with Crippen LogP contribution in [0.25, 0.3) is 5.65 Å². The van der Waals surface area contributed by atoms with Gasteiger partial charge in [0.15, 0.2) is 5.65 Å². The molecule has 0 saturated carbocycles. The molecule has 0 spiro atoms. The van der Waals surface area contributed by atoms with Gasteiger partial charge in [0.05, 0.1) is 12.3 Å². The van der Waals surface area contributed by atoms with Gasteiger partial charge in [-0.2, -0.15) is 16.7 Å². The molecule has 6 heteroatoms. The topological polar surface area (TPSA) is 62.5 Å². The van der Waals surface area contributed by atoms with Crippen molar-refractivity contribution in [3.05, 3.63) is 54.2 Å². The smallest absolute Gasteiger partial charge is 0.247 e. The molecule has 114 valence electrons. The Labute approximate surface area is 133 Å². The fourth-order valence-corrected chi connectivity index (χ4v) is 2.83. The lowest BCUT2D eigenvalue weighted by Gasteiger charge is -2.08. The summed E-state index contributed by atoms with van der Waals surface area (Å²) in [6.45, 7) is 2.19. The molecule has 5 nitrogen and oxygen atoms in total. The van der Waals surface area contributed by atoms with Gasteiger partial charge in [0.25, 0.3) is 0 Å². The van der Waals surface area contributed by atoms with E-state index in [0.717, 1.165) is 22.8 Å². The summed E-state index contributed by atoms with van der Waals surface area (Å²) in [6.07, 6.45) is 0. The minimum atomic E-state index is 0.179. The Morgan fingerprint density at radius 1 is 1.18 bits per heavy atom. The highest BCUT2D eigenvalue weighted by atomic mass is 32.2. The Kier molecular flexibility index (Phi) is 4.60. The first kappa shape index (κ1) is 14.9. The quantitative estimate of drug-likeness (QED) is 0.732. The number of aliphatic hydroxyl groups excluding tert-OH is 1. The largest absolute Gasteiger partial charge is 0.395 e. The first-order valence-corrected chi connectivity index (χ1v) is 8.20. The number of rotatable bonds is 6. The van der Waals surface area contributed by atoms with Crippen LogP contribution < -0.4 is 5.32 Å². The lowest BCUT2D eigenvalue weighted by molar-refractivity contribution is 0.300. The molecule has 0 unspecified atom stereocenters. The number of aromatic nitrogens is 3. The summed E-state index contributed by atoms with van der Waals surface area (Å²) < 4.78 is 1.85. The van der Waals surface area contributed by atoms with E-state index in [1.807, 2.05) is 60.0 Å². The first-order chi connectivity index (χ1) is 10.8. The number of thioether (sulfide) groups is 1. The van der Waals surface area contributed by atoms with Crippen LogP contribution in [0, 0.1) is 0 Å². The van der Waals surface area contributed by atoms with Crippen molar-refractivity contribution in [2.24, 2.45) is 0 Å². The van der Waals surface area contributed by atoms with E-state index in [0.29, 0.717) is 5.95 Å². The first-order valence-electron chi connectivity index (χ1n) is 7.15. The van der Waals surface area contributed by atoms with Crippen molar-refractivity contribution in [1.29, 1.82) is 0 Å². The van der Waals surface area contributed by atoms with E-state index in [4.69, 9.17) is 5.11 Å². The molecule has 0 aliphatic carbocycles. The number of nitrogens with one attached hydrogen (secondary N) is 1. The molecule has 1 aromatic carbocycles. The standard InChI is InChI=1S/C16H18N4OS/c1-12(10-21)22-11-14-8-5-9-15-18-16(19-20(14)15)17-13-6-3-2-4-7-13/h2-9,12,21H,10-11H2,1H3,(H,17,19)/t12-/m1/s1. The number of pyridine rings is 1. The fourth-order valence-electron chi connectivity index (χ4n) is 2.05.